The van der Waals surface area contributed by atoms with Crippen LogP contribution in [0.1, 0.15) is 12.7 Å². The lowest BCUT2D eigenvalue weighted by Gasteiger charge is -2.03. The summed E-state index contributed by atoms with van der Waals surface area (Å²) in [6, 6.07) is 0. The summed E-state index contributed by atoms with van der Waals surface area (Å²) in [6.07, 6.45) is 2.71. The molecule has 4 heteroatoms. The lowest BCUT2D eigenvalue weighted by atomic mass is 10.4. The molecule has 1 rings (SSSR count). The van der Waals surface area contributed by atoms with E-state index in [2.05, 4.69) is 10.3 Å². The molecule has 4 nitrogen and oxygen atoms in total. The maximum atomic E-state index is 8.87. The van der Waals surface area contributed by atoms with E-state index in [1.54, 1.807) is 13.1 Å². The molecule has 0 unspecified atom stereocenters. The maximum Gasteiger partial charge on any atom is 0.180 e. The lowest BCUT2D eigenvalue weighted by molar-refractivity contribution is 0.190. The number of nitrogens with one attached hydrogen (secondary N) is 1. The van der Waals surface area contributed by atoms with Crippen molar-refractivity contribution in [2.24, 2.45) is 0 Å². The third-order valence-corrected chi connectivity index (χ3v) is 1.22. The molecule has 0 aliphatic heterocycles. The van der Waals surface area contributed by atoms with Crippen molar-refractivity contribution in [3.8, 4) is 0 Å². The van der Waals surface area contributed by atoms with Crippen molar-refractivity contribution >= 4 is 0 Å². The number of hydrogen-bond donors (Lipinski definition) is 2. The van der Waals surface area contributed by atoms with Crippen LogP contribution in [0.15, 0.2) is 17.0 Å². The Morgan fingerprint density at radius 2 is 2.64 bits per heavy atom. The highest BCUT2D eigenvalue weighted by atomic mass is 16.3. The minimum Gasteiger partial charge on any atom is -0.447 e. The fraction of sp³-hybridized carbons (Fsp3) is 0.571. The predicted molar refractivity (Wildman–Crippen MR) is 39.9 cm³/mol. The molecule has 0 spiro atoms. The topological polar surface area (TPSA) is 58.3 Å². The second-order valence-electron chi connectivity index (χ2n) is 2.45. The number of rotatable bonds is 4. The van der Waals surface area contributed by atoms with Crippen LogP contribution in [-0.2, 0) is 6.54 Å². The molecule has 11 heavy (non-hydrogen) atoms. The van der Waals surface area contributed by atoms with Crippen LogP contribution in [0.5, 0.6) is 0 Å². The second kappa shape index (κ2) is 4.10. The van der Waals surface area contributed by atoms with Gasteiger partial charge in [0.05, 0.1) is 18.8 Å². The molecule has 0 aliphatic rings. The Labute approximate surface area is 65.2 Å². The highest BCUT2D eigenvalue weighted by molar-refractivity contribution is 4.86. The molecule has 0 aromatic carbocycles. The number of aliphatic hydroxyl groups excluding tert-OH is 1. The van der Waals surface area contributed by atoms with Gasteiger partial charge in [0.2, 0.25) is 0 Å². The average Bonchev–Trinajstić information content (AvgIpc) is 2.39. The van der Waals surface area contributed by atoms with Crippen molar-refractivity contribution in [1.82, 2.24) is 10.3 Å². The lowest BCUT2D eigenvalue weighted by Crippen LogP contribution is -2.23. The fourth-order valence-electron chi connectivity index (χ4n) is 0.734. The maximum absolute atomic E-state index is 8.87. The zero-order chi connectivity index (χ0) is 8.10. The Morgan fingerprint density at radius 1 is 1.82 bits per heavy atom. The van der Waals surface area contributed by atoms with Crippen molar-refractivity contribution in [3.63, 3.8) is 0 Å². The first-order valence-corrected chi connectivity index (χ1v) is 3.55. The van der Waals surface area contributed by atoms with Gasteiger partial charge in [-0.3, -0.25) is 0 Å². The van der Waals surface area contributed by atoms with Gasteiger partial charge in [0, 0.05) is 6.54 Å². The van der Waals surface area contributed by atoms with Crippen LogP contribution >= 0.6 is 0 Å². The standard InChI is InChI=1S/C7H12N2O2/c1-6(10)2-8-3-7-4-9-5-11-7/h4-6,8,10H,2-3H2,1H3/t6-/m1/s1. The molecular formula is C7H12N2O2. The van der Waals surface area contributed by atoms with E-state index >= 15 is 0 Å². The number of nitrogens with zero attached hydrogens (tertiary/aromatic N) is 1. The third-order valence-electron chi connectivity index (χ3n) is 1.22. The van der Waals surface area contributed by atoms with Gasteiger partial charge in [0.15, 0.2) is 6.39 Å². The van der Waals surface area contributed by atoms with Crippen LogP contribution < -0.4 is 5.32 Å². The van der Waals surface area contributed by atoms with Gasteiger partial charge in [-0.05, 0) is 6.92 Å². The Balaban J connectivity index is 2.14. The Hall–Kier alpha value is -0.870. The summed E-state index contributed by atoms with van der Waals surface area (Å²) in [5, 5.41) is 11.9. The van der Waals surface area contributed by atoms with Gasteiger partial charge < -0.3 is 14.8 Å². The minimum absolute atomic E-state index is 0.321. The molecule has 62 valence electrons. The quantitative estimate of drug-likeness (QED) is 0.651. The van der Waals surface area contributed by atoms with Gasteiger partial charge in [-0.1, -0.05) is 0 Å². The van der Waals surface area contributed by atoms with Crippen LogP contribution in [0.2, 0.25) is 0 Å². The van der Waals surface area contributed by atoms with Gasteiger partial charge in [0.25, 0.3) is 0 Å². The molecule has 1 aromatic rings. The van der Waals surface area contributed by atoms with Crippen molar-refractivity contribution in [2.45, 2.75) is 19.6 Å². The summed E-state index contributed by atoms with van der Waals surface area (Å²) in [5.41, 5.74) is 0. The van der Waals surface area contributed by atoms with Gasteiger partial charge >= 0.3 is 0 Å². The smallest absolute Gasteiger partial charge is 0.180 e. The van der Waals surface area contributed by atoms with E-state index in [1.807, 2.05) is 0 Å². The second-order valence-corrected chi connectivity index (χ2v) is 2.45. The number of aromatic nitrogens is 1. The van der Waals surface area contributed by atoms with Crippen LogP contribution in [0.4, 0.5) is 0 Å². The summed E-state index contributed by atoms with van der Waals surface area (Å²) in [7, 11) is 0. The van der Waals surface area contributed by atoms with E-state index in [1.165, 1.54) is 6.39 Å². The molecule has 0 radical (unpaired) electrons. The Morgan fingerprint density at radius 3 is 3.18 bits per heavy atom. The molecular weight excluding hydrogens is 144 g/mol. The van der Waals surface area contributed by atoms with Crippen LogP contribution in [0, 0.1) is 0 Å². The number of hydrogen-bond acceptors (Lipinski definition) is 4. The van der Waals surface area contributed by atoms with Crippen LogP contribution in [-0.4, -0.2) is 22.7 Å². The van der Waals surface area contributed by atoms with E-state index in [0.29, 0.717) is 13.1 Å². The van der Waals surface area contributed by atoms with E-state index in [0.717, 1.165) is 5.76 Å². The highest BCUT2D eigenvalue weighted by Crippen LogP contribution is 1.94. The van der Waals surface area contributed by atoms with E-state index in [-0.39, 0.29) is 6.10 Å². The van der Waals surface area contributed by atoms with E-state index in [4.69, 9.17) is 9.52 Å². The van der Waals surface area contributed by atoms with Crippen molar-refractivity contribution in [2.75, 3.05) is 6.54 Å². The molecule has 1 aromatic heterocycles. The Bertz CT molecular complexity index is 184. The first-order chi connectivity index (χ1) is 5.29. The number of oxazole rings is 1. The zero-order valence-corrected chi connectivity index (χ0v) is 6.45. The molecule has 0 fully saturated rings. The fourth-order valence-corrected chi connectivity index (χ4v) is 0.734. The summed E-state index contributed by atoms with van der Waals surface area (Å²) < 4.78 is 4.96. The molecule has 0 saturated carbocycles. The third kappa shape index (κ3) is 3.15. The van der Waals surface area contributed by atoms with Crippen LogP contribution in [0.3, 0.4) is 0 Å². The molecule has 1 heterocycles. The SMILES string of the molecule is C[C@@H](O)CNCc1cnco1. The first-order valence-electron chi connectivity index (χ1n) is 3.55. The predicted octanol–water partition coefficient (Wildman–Crippen LogP) is 0.145. The van der Waals surface area contributed by atoms with Crippen LogP contribution in [0.25, 0.3) is 0 Å². The molecule has 2 N–H and O–H groups in total. The normalized spacial score (nSPS) is 13.3. The molecule has 0 bridgehead atoms. The summed E-state index contributed by atoms with van der Waals surface area (Å²) >= 11 is 0. The Kier molecular flexibility index (Phi) is 3.07. The summed E-state index contributed by atoms with van der Waals surface area (Å²) in [5.74, 6) is 0.783. The highest BCUT2D eigenvalue weighted by Gasteiger charge is 1.97. The van der Waals surface area contributed by atoms with Gasteiger partial charge in [-0.2, -0.15) is 0 Å². The largest absolute Gasteiger partial charge is 0.447 e. The molecule has 0 amide bonds. The average molecular weight is 156 g/mol. The minimum atomic E-state index is -0.321. The van der Waals surface area contributed by atoms with E-state index < -0.39 is 0 Å². The summed E-state index contributed by atoms with van der Waals surface area (Å²) in [4.78, 5) is 3.75. The van der Waals surface area contributed by atoms with E-state index in [9.17, 15) is 0 Å². The summed E-state index contributed by atoms with van der Waals surface area (Å²) in [6.45, 7) is 2.92. The van der Waals surface area contributed by atoms with Gasteiger partial charge in [-0.25, -0.2) is 4.98 Å². The van der Waals surface area contributed by atoms with Crippen molar-refractivity contribution in [3.05, 3.63) is 18.4 Å². The zero-order valence-electron chi connectivity index (χ0n) is 6.45. The first kappa shape index (κ1) is 8.23. The van der Waals surface area contributed by atoms with Gasteiger partial charge in [-0.15, -0.1) is 0 Å². The monoisotopic (exact) mass is 156 g/mol. The molecule has 0 saturated heterocycles. The molecule has 0 aliphatic carbocycles. The molecule has 1 atom stereocenters. The van der Waals surface area contributed by atoms with Crippen molar-refractivity contribution < 1.29 is 9.52 Å². The van der Waals surface area contributed by atoms with Crippen molar-refractivity contribution in [1.29, 1.82) is 0 Å². The number of aliphatic hydroxyl groups is 1. The van der Waals surface area contributed by atoms with Gasteiger partial charge in [0.1, 0.15) is 5.76 Å².